The van der Waals surface area contributed by atoms with Gasteiger partial charge in [0.25, 0.3) is 17.6 Å². The van der Waals surface area contributed by atoms with Crippen LogP contribution in [0.25, 0.3) is 27.6 Å². The van der Waals surface area contributed by atoms with Crippen LogP contribution in [-0.2, 0) is 23.4 Å². The number of aromatic nitrogens is 12. The number of nitrogens with two attached hydrogens (primary N) is 5. The van der Waals surface area contributed by atoms with Crippen LogP contribution in [0.4, 0.5) is 62.7 Å². The molecule has 2 fully saturated rings. The van der Waals surface area contributed by atoms with Crippen molar-refractivity contribution in [3.05, 3.63) is 148 Å². The second kappa shape index (κ2) is 37.9. The summed E-state index contributed by atoms with van der Waals surface area (Å²) in [5, 5.41) is 22.0. The molecule has 13 heterocycles. The second-order valence-electron chi connectivity index (χ2n) is 32.1. The van der Waals surface area contributed by atoms with Gasteiger partial charge in [-0.1, -0.05) is 0 Å². The molecule has 11 aromatic heterocycles. The monoisotopic (exact) mass is 1570 g/mol. The Kier molecular flexibility index (Phi) is 31.9. The highest BCUT2D eigenvalue weighted by atomic mass is 32.2. The van der Waals surface area contributed by atoms with Crippen LogP contribution in [0.2, 0.25) is 0 Å². The van der Waals surface area contributed by atoms with Gasteiger partial charge in [0.2, 0.25) is 11.4 Å². The third kappa shape index (κ3) is 22.1. The molecule has 0 saturated carbocycles. The smallest absolute Gasteiger partial charge is 0.257 e. The maximum Gasteiger partial charge on any atom is 0.257 e. The van der Waals surface area contributed by atoms with E-state index in [0.29, 0.717) is 76.6 Å². The molecule has 2 unspecified atom stereocenters. The number of rotatable bonds is 21. The Morgan fingerprint density at radius 1 is 0.473 bits per heavy atom. The van der Waals surface area contributed by atoms with Gasteiger partial charge < -0.3 is 118 Å². The van der Waals surface area contributed by atoms with Crippen molar-refractivity contribution in [1.29, 1.82) is 0 Å². The van der Waals surface area contributed by atoms with Crippen LogP contribution in [0, 0.1) is 37.1 Å². The fraction of sp³-hybridized carbons (Fsp3) is 0.456. The molecule has 0 aliphatic carbocycles. The van der Waals surface area contributed by atoms with E-state index in [4.69, 9.17) is 48.0 Å². The zero-order chi connectivity index (χ0) is 78.6. The fourth-order valence-corrected chi connectivity index (χ4v) is 13.8. The Balaban J connectivity index is 0.000000293. The molecule has 622 valence electrons. The molecule has 0 aromatic carbocycles. The third-order valence-electron chi connectivity index (χ3n) is 19.2. The molecule has 11 aromatic rings. The maximum atomic E-state index is 11.6. The number of hydrogen-bond donors (Lipinski definition) is 5. The second-order valence-corrected chi connectivity index (χ2v) is 34.1. The molecule has 2 aliphatic rings. The lowest BCUT2D eigenvalue weighted by Crippen LogP contribution is -2.46. The van der Waals surface area contributed by atoms with E-state index in [1.54, 1.807) is 19.7 Å². The van der Waals surface area contributed by atoms with Crippen molar-refractivity contribution >= 4 is 100 Å². The number of likely N-dealkylation sites (N-methyl/N-ethyl adjacent to an activating group) is 3. The van der Waals surface area contributed by atoms with E-state index in [0.717, 1.165) is 128 Å². The summed E-state index contributed by atoms with van der Waals surface area (Å²) in [7, 11) is 40.5. The first-order valence-corrected chi connectivity index (χ1v) is 37.8. The predicted octanol–water partition coefficient (Wildman–Crippen LogP) is 6.93. The minimum Gasteiger partial charge on any atom is -0.474 e. The summed E-state index contributed by atoms with van der Waals surface area (Å²) < 4.78 is 56.8. The largest absolute Gasteiger partial charge is 0.474 e. The molecule has 10 N–H and O–H groups in total. The van der Waals surface area contributed by atoms with Crippen LogP contribution >= 0.6 is 0 Å². The minimum absolute atomic E-state index is 0. The molecule has 2 saturated heterocycles. The highest BCUT2D eigenvalue weighted by Crippen LogP contribution is 2.38. The van der Waals surface area contributed by atoms with Gasteiger partial charge in [-0.15, -0.1) is 20.4 Å². The first-order valence-electron chi connectivity index (χ1n) is 35.9. The summed E-state index contributed by atoms with van der Waals surface area (Å²) in [4.78, 5) is 12.9. The molecule has 112 heavy (non-hydrogen) atoms. The number of aryl methyl sites for hydroxylation is 1. The normalized spacial score (nSPS) is 14.4. The molecule has 0 amide bonds. The van der Waals surface area contributed by atoms with Crippen molar-refractivity contribution in [1.82, 2.24) is 62.0 Å². The van der Waals surface area contributed by atoms with Crippen molar-refractivity contribution in [2.24, 2.45) is 7.05 Å². The predicted molar refractivity (Wildman–Crippen MR) is 467 cm³/mol. The van der Waals surface area contributed by atoms with Crippen LogP contribution in [0.1, 0.15) is 12.8 Å². The highest BCUT2D eigenvalue weighted by Gasteiger charge is 2.36. The molecule has 13 rings (SSSR count). The van der Waals surface area contributed by atoms with Gasteiger partial charge in [-0.05, 0) is 54.6 Å². The molecule has 33 heteroatoms. The van der Waals surface area contributed by atoms with Crippen LogP contribution in [0.3, 0.4) is 0 Å². The summed E-state index contributed by atoms with van der Waals surface area (Å²) in [5.74, 6) is 2.43. The van der Waals surface area contributed by atoms with Crippen molar-refractivity contribution in [2.45, 2.75) is 36.5 Å². The zero-order valence-electron chi connectivity index (χ0n) is 72.2. The first-order chi connectivity index (χ1) is 50.0. The lowest BCUT2D eigenvalue weighted by molar-refractivity contribution is -0.893. The van der Waals surface area contributed by atoms with E-state index < -0.39 is 9.84 Å². The van der Waals surface area contributed by atoms with E-state index in [1.807, 2.05) is 206 Å². The van der Waals surface area contributed by atoms with Crippen molar-refractivity contribution in [2.75, 3.05) is 259 Å². The number of anilines is 10. The number of nitrogens with zero attached hydrogens (tertiary/aromatic N) is 22. The topological polar surface area (TPSA) is 307 Å². The van der Waals surface area contributed by atoms with Crippen LogP contribution in [0.15, 0.2) is 115 Å². The highest BCUT2D eigenvalue weighted by molar-refractivity contribution is 7.90. The van der Waals surface area contributed by atoms with Crippen molar-refractivity contribution < 1.29 is 40.6 Å². The van der Waals surface area contributed by atoms with Gasteiger partial charge in [-0.3, -0.25) is 9.38 Å². The Labute approximate surface area is 667 Å². The van der Waals surface area contributed by atoms with E-state index in [9.17, 15) is 8.42 Å². The van der Waals surface area contributed by atoms with Gasteiger partial charge in [0.05, 0.1) is 127 Å². The number of pyridine rings is 5. The number of sulfone groups is 1. The number of likely N-dealkylation sites (tertiary alicyclic amines) is 1. The average Bonchev–Trinajstić information content (AvgIpc) is 1.63. The average molecular weight is 1580 g/mol. The molecular weight excluding hydrogens is 1440 g/mol. The lowest BCUT2D eigenvalue weighted by Gasteiger charge is -2.31. The van der Waals surface area contributed by atoms with Gasteiger partial charge in [-0.2, -0.15) is 5.10 Å². The Morgan fingerprint density at radius 3 is 1.21 bits per heavy atom. The van der Waals surface area contributed by atoms with E-state index in [-0.39, 0.29) is 47.8 Å². The number of imidazole rings is 1. The molecule has 2 aliphatic heterocycles. The van der Waals surface area contributed by atoms with Crippen LogP contribution in [-0.4, -0.2) is 298 Å². The standard InChI is InChI=1S/C18H31N6O.C16H27N6.C15H21N6O.C14H24N5O.C11H17N4O2S.5CH3/c1-21(2)15-7-6-9-23-17(15)16(19)18(20-23)25-12-11-22-10-8-14(13-22)24(3,4)5;1-19(2)13-7-6-9-21-15(13)14(17)16(18-21)20-10-8-12(11-20)22(3,4)5;1-18(2)12-5-4-6-21-14(12)13(16)15(17-21)22-10-9-20-8-7-19(3)11-20;1-17(2)11-7-6-8-18-13(11)12(15)14(16-18)20-10-9-19(3,4)5;1-15(2,3)8-6-5-7-14-10(8)9(12)11(13-14)18(4,16)17;;;;;/h6-7,9,14H,8,10-13,19H2,1-5H3;6-7,9,12H,8,10-11,17H2,1-5H3;4-8,11H,9-10,16H2,1-3H3;6-8H,9-10,15H2,1-5H3;5-7H,12H2,1-4H3;5*1H3/q5*+1;5*-1. The Bertz CT molecular complexity index is 4940. The molecular formula is C79H135N27O5S. The number of fused-ring (bicyclic) bond motifs is 5. The quantitative estimate of drug-likeness (QED) is 0.0276. The zero-order valence-corrected chi connectivity index (χ0v) is 73.0. The molecule has 32 nitrogen and oxygen atoms in total. The summed E-state index contributed by atoms with van der Waals surface area (Å²) in [6.45, 7) is 8.55. The van der Waals surface area contributed by atoms with Crippen LogP contribution in [0.5, 0.6) is 17.6 Å². The van der Waals surface area contributed by atoms with Gasteiger partial charge in [0.1, 0.15) is 108 Å². The Morgan fingerprint density at radius 2 is 0.848 bits per heavy atom. The summed E-state index contributed by atoms with van der Waals surface area (Å²) in [5.41, 5.74) is 43.3. The van der Waals surface area contributed by atoms with E-state index in [1.165, 1.54) is 17.4 Å². The number of hydrogen-bond acceptors (Lipinski definition) is 21. The number of ether oxygens (including phenoxy) is 3. The summed E-state index contributed by atoms with van der Waals surface area (Å²) in [6, 6.07) is 21.1. The Hall–Kier alpha value is -10.2. The van der Waals surface area contributed by atoms with Crippen LogP contribution < -0.4 is 76.4 Å². The summed E-state index contributed by atoms with van der Waals surface area (Å²) >= 11 is 0. The lowest BCUT2D eigenvalue weighted by atomic mass is 10.2. The van der Waals surface area contributed by atoms with Gasteiger partial charge in [-0.25, -0.2) is 40.1 Å². The molecule has 0 radical (unpaired) electrons. The van der Waals surface area contributed by atoms with E-state index >= 15 is 0 Å². The molecule has 0 spiro atoms. The summed E-state index contributed by atoms with van der Waals surface area (Å²) in [6.07, 6.45) is 18.8. The van der Waals surface area contributed by atoms with Gasteiger partial charge in [0.15, 0.2) is 26.9 Å². The SMILES string of the molecule is CN(C)c1cccn2nc(N3CCC([N+](C)(C)C)C3)c(N)c12.CN(C)c1cccn2nc(OCCN3CCC([N+](C)(C)C)C3)c(N)c12.CN(C)c1cccn2nc(OCC[N+](C)(C)C)c(N)c12.CN(C)c1cccn2nc(OCCn3cc[n+](C)c3)c(N)c12.C[N+](C)(C)c1cccn2nc(S(C)(=O)=O)c(N)c12.[CH3-].[CH3-].[CH3-].[CH3-].[CH3-]. The van der Waals surface area contributed by atoms with Gasteiger partial charge >= 0.3 is 0 Å². The third-order valence-corrected chi connectivity index (χ3v) is 20.2. The fourth-order valence-electron chi connectivity index (χ4n) is 13.0. The number of quaternary nitrogens is 4. The molecule has 2 atom stereocenters. The minimum atomic E-state index is -3.42. The number of nitrogen functional groups attached to an aromatic ring is 5. The maximum absolute atomic E-state index is 11.6. The van der Waals surface area contributed by atoms with Gasteiger partial charge in [0, 0.05) is 132 Å². The first kappa shape index (κ1) is 94.2. The van der Waals surface area contributed by atoms with E-state index in [2.05, 4.69) is 109 Å². The van der Waals surface area contributed by atoms with Crippen molar-refractivity contribution in [3.8, 4) is 17.6 Å². The molecule has 0 bridgehead atoms. The van der Waals surface area contributed by atoms with Crippen molar-refractivity contribution in [3.63, 3.8) is 0 Å².